The normalized spacial score (nSPS) is 10.2. The Morgan fingerprint density at radius 3 is 2.71 bits per heavy atom. The minimum absolute atomic E-state index is 0.0479. The van der Waals surface area contributed by atoms with E-state index in [1.807, 2.05) is 13.0 Å². The van der Waals surface area contributed by atoms with Gasteiger partial charge in [0, 0.05) is 11.0 Å². The van der Waals surface area contributed by atoms with Crippen molar-refractivity contribution in [3.63, 3.8) is 0 Å². The molecule has 0 aliphatic carbocycles. The molecule has 2 rings (SSSR count). The Kier molecular flexibility index (Phi) is 5.05. The maximum atomic E-state index is 13.8. The van der Waals surface area contributed by atoms with E-state index in [9.17, 15) is 14.0 Å². The fraction of sp³-hybridized carbons (Fsp3) is 0.133. The highest BCUT2D eigenvalue weighted by Crippen LogP contribution is 2.33. The van der Waals surface area contributed by atoms with Crippen molar-refractivity contribution in [1.29, 1.82) is 5.26 Å². The van der Waals surface area contributed by atoms with E-state index in [4.69, 9.17) is 11.6 Å². The first kappa shape index (κ1) is 15.6. The van der Waals surface area contributed by atoms with Crippen LogP contribution in [0.1, 0.15) is 12.5 Å². The number of nitrogens with zero attached hydrogens (tertiary/aromatic N) is 1. The summed E-state index contributed by atoms with van der Waals surface area (Å²) in [6.45, 7) is 1.97. The molecule has 0 aliphatic heterocycles. The molecular weight excluding hydrogens is 314 g/mol. The molecule has 0 fully saturated rings. The molecule has 0 heterocycles. The SMILES string of the molecule is CCSc1cccc(Nc2c(F)cc(F)cc2Cl)c1C#N. The molecule has 0 unspecified atom stereocenters. The third-order valence-corrected chi connectivity index (χ3v) is 3.94. The minimum Gasteiger partial charge on any atom is -0.351 e. The van der Waals surface area contributed by atoms with Crippen LogP contribution in [-0.4, -0.2) is 5.75 Å². The van der Waals surface area contributed by atoms with Gasteiger partial charge in [0.1, 0.15) is 11.9 Å². The van der Waals surface area contributed by atoms with Crippen molar-refractivity contribution in [2.45, 2.75) is 11.8 Å². The molecule has 2 aromatic rings. The van der Waals surface area contributed by atoms with E-state index in [1.165, 1.54) is 11.8 Å². The molecule has 6 heteroatoms. The summed E-state index contributed by atoms with van der Waals surface area (Å²) in [4.78, 5) is 0.795. The largest absolute Gasteiger partial charge is 0.351 e. The van der Waals surface area contributed by atoms with Crippen LogP contribution in [0.2, 0.25) is 5.02 Å². The van der Waals surface area contributed by atoms with Gasteiger partial charge in [-0.3, -0.25) is 0 Å². The Labute approximate surface area is 130 Å². The lowest BCUT2D eigenvalue weighted by molar-refractivity contribution is 0.586. The van der Waals surface area contributed by atoms with Crippen molar-refractivity contribution in [1.82, 2.24) is 0 Å². The average molecular weight is 325 g/mol. The third kappa shape index (κ3) is 3.46. The molecule has 0 aliphatic rings. The molecule has 0 saturated heterocycles. The molecule has 0 amide bonds. The van der Waals surface area contributed by atoms with Crippen molar-refractivity contribution < 1.29 is 8.78 Å². The first-order chi connectivity index (χ1) is 10.1. The van der Waals surface area contributed by atoms with Crippen molar-refractivity contribution in [3.05, 3.63) is 52.6 Å². The Hall–Kier alpha value is -1.77. The van der Waals surface area contributed by atoms with E-state index in [0.717, 1.165) is 22.8 Å². The Morgan fingerprint density at radius 1 is 1.33 bits per heavy atom. The predicted octanol–water partition coefficient (Wildman–Crippen LogP) is 5.35. The fourth-order valence-corrected chi connectivity index (χ4v) is 2.85. The number of halogens is 3. The van der Waals surface area contributed by atoms with E-state index >= 15 is 0 Å². The second kappa shape index (κ2) is 6.79. The van der Waals surface area contributed by atoms with E-state index in [2.05, 4.69) is 11.4 Å². The van der Waals surface area contributed by atoms with Crippen LogP contribution in [-0.2, 0) is 0 Å². The molecule has 21 heavy (non-hydrogen) atoms. The molecule has 0 saturated carbocycles. The zero-order valence-electron chi connectivity index (χ0n) is 11.1. The Bertz CT molecular complexity index is 690. The molecule has 0 aromatic heterocycles. The lowest BCUT2D eigenvalue weighted by Gasteiger charge is -2.13. The zero-order chi connectivity index (χ0) is 15.4. The summed E-state index contributed by atoms with van der Waals surface area (Å²) in [5, 5.41) is 12.0. The van der Waals surface area contributed by atoms with E-state index < -0.39 is 11.6 Å². The first-order valence-electron chi connectivity index (χ1n) is 6.14. The second-order valence-electron chi connectivity index (χ2n) is 4.09. The summed E-state index contributed by atoms with van der Waals surface area (Å²) in [5.41, 5.74) is 0.792. The van der Waals surface area contributed by atoms with Crippen LogP contribution in [0.25, 0.3) is 0 Å². The number of benzene rings is 2. The second-order valence-corrected chi connectivity index (χ2v) is 5.81. The molecular formula is C15H11ClF2N2S. The van der Waals surface area contributed by atoms with Gasteiger partial charge in [-0.15, -0.1) is 11.8 Å². The standard InChI is InChI=1S/C15H11ClF2N2S/c1-2-21-14-5-3-4-13(10(14)8-19)20-15-11(16)6-9(17)7-12(15)18/h3-7,20H,2H2,1H3. The minimum atomic E-state index is -0.808. The number of thioether (sulfide) groups is 1. The first-order valence-corrected chi connectivity index (χ1v) is 7.50. The van der Waals surface area contributed by atoms with Crippen LogP contribution in [0.3, 0.4) is 0 Å². The highest BCUT2D eigenvalue weighted by atomic mass is 35.5. The predicted molar refractivity (Wildman–Crippen MR) is 82.2 cm³/mol. The molecule has 0 spiro atoms. The summed E-state index contributed by atoms with van der Waals surface area (Å²) < 4.78 is 26.9. The quantitative estimate of drug-likeness (QED) is 0.770. The summed E-state index contributed by atoms with van der Waals surface area (Å²) in [5.74, 6) is -0.750. The smallest absolute Gasteiger partial charge is 0.151 e. The van der Waals surface area contributed by atoms with Crippen LogP contribution >= 0.6 is 23.4 Å². The Balaban J connectivity index is 2.46. The van der Waals surface area contributed by atoms with Crippen LogP contribution in [0, 0.1) is 23.0 Å². The van der Waals surface area contributed by atoms with Gasteiger partial charge < -0.3 is 5.32 Å². The van der Waals surface area contributed by atoms with Crippen LogP contribution in [0.15, 0.2) is 35.2 Å². The van der Waals surface area contributed by atoms with Gasteiger partial charge in [-0.05, 0) is 24.0 Å². The van der Waals surface area contributed by atoms with Gasteiger partial charge in [0.05, 0.1) is 22.0 Å². The molecule has 2 aromatic carbocycles. The molecule has 108 valence electrons. The monoisotopic (exact) mass is 324 g/mol. The number of hydrogen-bond acceptors (Lipinski definition) is 3. The van der Waals surface area contributed by atoms with Gasteiger partial charge in [-0.1, -0.05) is 24.6 Å². The summed E-state index contributed by atoms with van der Waals surface area (Å²) in [6, 6.07) is 9.09. The lowest BCUT2D eigenvalue weighted by atomic mass is 10.2. The highest BCUT2D eigenvalue weighted by Gasteiger charge is 2.14. The number of anilines is 2. The van der Waals surface area contributed by atoms with Gasteiger partial charge in [-0.2, -0.15) is 5.26 Å². The molecule has 1 N–H and O–H groups in total. The van der Waals surface area contributed by atoms with Crippen molar-refractivity contribution in [2.75, 3.05) is 11.1 Å². The zero-order valence-corrected chi connectivity index (χ0v) is 12.7. The molecule has 2 nitrogen and oxygen atoms in total. The maximum Gasteiger partial charge on any atom is 0.151 e. The third-order valence-electron chi connectivity index (χ3n) is 2.70. The Morgan fingerprint density at radius 2 is 2.10 bits per heavy atom. The molecule has 0 radical (unpaired) electrons. The lowest BCUT2D eigenvalue weighted by Crippen LogP contribution is -1.99. The average Bonchev–Trinajstić information content (AvgIpc) is 2.43. The van der Waals surface area contributed by atoms with Gasteiger partial charge >= 0.3 is 0 Å². The molecule has 0 bridgehead atoms. The number of nitrogens with one attached hydrogen (secondary N) is 1. The van der Waals surface area contributed by atoms with Crippen molar-refractivity contribution in [3.8, 4) is 6.07 Å². The van der Waals surface area contributed by atoms with Gasteiger partial charge in [-0.25, -0.2) is 8.78 Å². The summed E-state index contributed by atoms with van der Waals surface area (Å²) in [7, 11) is 0. The summed E-state index contributed by atoms with van der Waals surface area (Å²) >= 11 is 7.36. The van der Waals surface area contributed by atoms with Gasteiger partial charge in [0.2, 0.25) is 0 Å². The highest BCUT2D eigenvalue weighted by molar-refractivity contribution is 7.99. The molecule has 0 atom stereocenters. The van der Waals surface area contributed by atoms with Gasteiger partial charge in [0.15, 0.2) is 5.82 Å². The number of rotatable bonds is 4. The van der Waals surface area contributed by atoms with Crippen LogP contribution in [0.5, 0.6) is 0 Å². The summed E-state index contributed by atoms with van der Waals surface area (Å²) in [6.07, 6.45) is 0. The fourth-order valence-electron chi connectivity index (χ4n) is 1.82. The maximum absolute atomic E-state index is 13.8. The van der Waals surface area contributed by atoms with Crippen molar-refractivity contribution in [2.24, 2.45) is 0 Å². The topological polar surface area (TPSA) is 35.8 Å². The van der Waals surface area contributed by atoms with Crippen LogP contribution in [0.4, 0.5) is 20.2 Å². The van der Waals surface area contributed by atoms with E-state index in [0.29, 0.717) is 11.3 Å². The van der Waals surface area contributed by atoms with Gasteiger partial charge in [0.25, 0.3) is 0 Å². The van der Waals surface area contributed by atoms with E-state index in [-0.39, 0.29) is 10.7 Å². The number of nitriles is 1. The van der Waals surface area contributed by atoms with Crippen LogP contribution < -0.4 is 5.32 Å². The number of hydrogen-bond donors (Lipinski definition) is 1. The van der Waals surface area contributed by atoms with Crippen molar-refractivity contribution >= 4 is 34.7 Å². The van der Waals surface area contributed by atoms with E-state index in [1.54, 1.807) is 12.1 Å².